The lowest BCUT2D eigenvalue weighted by Crippen LogP contribution is -2.59. The van der Waals surface area contributed by atoms with Gasteiger partial charge >= 0.3 is 0 Å². The summed E-state index contributed by atoms with van der Waals surface area (Å²) in [7, 11) is 0. The summed E-state index contributed by atoms with van der Waals surface area (Å²) < 4.78 is 17.1. The smallest absolute Gasteiger partial charge is 0.237 e. The van der Waals surface area contributed by atoms with Crippen LogP contribution < -0.4 is 0 Å². The minimum absolute atomic E-state index is 0.257. The van der Waals surface area contributed by atoms with Crippen molar-refractivity contribution in [2.24, 2.45) is 16.7 Å². The molecule has 7 heteroatoms. The van der Waals surface area contributed by atoms with Crippen LogP contribution in [0.25, 0.3) is 0 Å². The SMILES string of the molecule is N#CC1(C#N)C(c2ccco2)OC23C=CCCC2C1(C#N)C(=N)O3. The highest BCUT2D eigenvalue weighted by atomic mass is 16.7. The summed E-state index contributed by atoms with van der Waals surface area (Å²) >= 11 is 0. The highest BCUT2D eigenvalue weighted by Crippen LogP contribution is 2.68. The molecule has 0 saturated carbocycles. The number of allylic oxidation sites excluding steroid dienone is 1. The molecule has 3 heterocycles. The molecule has 1 aromatic heterocycles. The first-order chi connectivity index (χ1) is 11.6. The lowest BCUT2D eigenvalue weighted by Gasteiger charge is -2.49. The Balaban J connectivity index is 2.05. The number of hydrogen-bond acceptors (Lipinski definition) is 7. The van der Waals surface area contributed by atoms with E-state index in [0.717, 1.165) is 0 Å². The van der Waals surface area contributed by atoms with Crippen molar-refractivity contribution in [1.29, 1.82) is 21.2 Å². The fourth-order valence-corrected chi connectivity index (χ4v) is 4.18. The van der Waals surface area contributed by atoms with Crippen LogP contribution in [0.5, 0.6) is 0 Å². The lowest BCUT2D eigenvalue weighted by atomic mass is 9.52. The maximum absolute atomic E-state index is 10.0. The van der Waals surface area contributed by atoms with E-state index in [9.17, 15) is 15.8 Å². The first-order valence-corrected chi connectivity index (χ1v) is 7.51. The van der Waals surface area contributed by atoms with E-state index in [-0.39, 0.29) is 5.76 Å². The highest BCUT2D eigenvalue weighted by Gasteiger charge is 2.80. The maximum Gasteiger partial charge on any atom is 0.237 e. The van der Waals surface area contributed by atoms with E-state index >= 15 is 0 Å². The number of nitrogens with one attached hydrogen (secondary N) is 1. The molecular formula is C17H12N4O3. The standard InChI is InChI=1S/C17H12N4O3/c18-8-15(9-19)13(11-4-3-7-22-11)23-17-6-2-1-5-12(17)16(15,10-20)14(21)24-17/h2-4,6-7,12-13,21H,1,5H2. The Kier molecular flexibility index (Phi) is 2.70. The van der Waals surface area contributed by atoms with Crippen LogP contribution in [0.4, 0.5) is 0 Å². The van der Waals surface area contributed by atoms with Gasteiger partial charge in [0.1, 0.15) is 5.76 Å². The molecule has 0 amide bonds. The second-order valence-electron chi connectivity index (χ2n) is 6.15. The molecule has 2 saturated heterocycles. The van der Waals surface area contributed by atoms with Crippen molar-refractivity contribution in [3.63, 3.8) is 0 Å². The fraction of sp³-hybridized carbons (Fsp3) is 0.412. The third kappa shape index (κ3) is 1.32. The van der Waals surface area contributed by atoms with E-state index in [1.54, 1.807) is 18.2 Å². The molecule has 2 fully saturated rings. The summed E-state index contributed by atoms with van der Waals surface area (Å²) in [6, 6.07) is 9.24. The largest absolute Gasteiger partial charge is 0.466 e. The molecule has 2 aliphatic heterocycles. The van der Waals surface area contributed by atoms with Gasteiger partial charge < -0.3 is 13.9 Å². The Hall–Kier alpha value is -3.08. The van der Waals surface area contributed by atoms with E-state index in [1.807, 2.05) is 18.2 Å². The Labute approximate surface area is 137 Å². The fourth-order valence-electron chi connectivity index (χ4n) is 4.18. The van der Waals surface area contributed by atoms with Crippen molar-refractivity contribution >= 4 is 5.90 Å². The van der Waals surface area contributed by atoms with Crippen molar-refractivity contribution in [2.75, 3.05) is 0 Å². The van der Waals surface area contributed by atoms with Gasteiger partial charge in [0.05, 0.1) is 30.4 Å². The molecule has 0 aromatic carbocycles. The van der Waals surface area contributed by atoms with Crippen LogP contribution in [0.2, 0.25) is 0 Å². The molecule has 1 aliphatic carbocycles. The number of furan rings is 1. The zero-order valence-electron chi connectivity index (χ0n) is 12.5. The number of hydrogen-bond donors (Lipinski definition) is 1. The van der Waals surface area contributed by atoms with Crippen molar-refractivity contribution in [1.82, 2.24) is 0 Å². The monoisotopic (exact) mass is 320 g/mol. The second kappa shape index (κ2) is 4.47. The van der Waals surface area contributed by atoms with Crippen LogP contribution in [-0.2, 0) is 9.47 Å². The van der Waals surface area contributed by atoms with Crippen molar-refractivity contribution in [3.05, 3.63) is 36.3 Å². The normalized spacial score (nSPS) is 38.3. The van der Waals surface area contributed by atoms with Crippen molar-refractivity contribution < 1.29 is 13.9 Å². The van der Waals surface area contributed by atoms with Gasteiger partial charge in [-0.05, 0) is 31.1 Å². The Morgan fingerprint density at radius 1 is 1.21 bits per heavy atom. The van der Waals surface area contributed by atoms with Gasteiger partial charge in [0.15, 0.2) is 11.5 Å². The summed E-state index contributed by atoms with van der Waals surface area (Å²) in [5.74, 6) is -2.05. The van der Waals surface area contributed by atoms with Crippen molar-refractivity contribution in [3.8, 4) is 18.2 Å². The predicted molar refractivity (Wildman–Crippen MR) is 77.6 cm³/mol. The van der Waals surface area contributed by atoms with Gasteiger partial charge in [-0.25, -0.2) is 0 Å². The molecule has 1 aromatic rings. The third-order valence-electron chi connectivity index (χ3n) is 5.25. The van der Waals surface area contributed by atoms with Gasteiger partial charge in [0.2, 0.25) is 17.1 Å². The van der Waals surface area contributed by atoms with Crippen LogP contribution in [-0.4, -0.2) is 11.7 Å². The third-order valence-corrected chi connectivity index (χ3v) is 5.25. The van der Waals surface area contributed by atoms with Crippen LogP contribution in [0.3, 0.4) is 0 Å². The molecule has 7 nitrogen and oxygen atoms in total. The molecule has 1 N–H and O–H groups in total. The molecule has 118 valence electrons. The average molecular weight is 320 g/mol. The quantitative estimate of drug-likeness (QED) is 0.792. The minimum atomic E-state index is -1.94. The summed E-state index contributed by atoms with van der Waals surface area (Å²) in [4.78, 5) is 0. The summed E-state index contributed by atoms with van der Waals surface area (Å²) in [5, 5.41) is 38.1. The van der Waals surface area contributed by atoms with Crippen LogP contribution in [0.1, 0.15) is 24.7 Å². The molecule has 4 unspecified atom stereocenters. The zero-order chi connectivity index (χ0) is 17.0. The zero-order valence-corrected chi connectivity index (χ0v) is 12.5. The van der Waals surface area contributed by atoms with E-state index in [0.29, 0.717) is 12.8 Å². The van der Waals surface area contributed by atoms with Gasteiger partial charge in [-0.2, -0.15) is 15.8 Å². The molecule has 2 bridgehead atoms. The Morgan fingerprint density at radius 2 is 2.00 bits per heavy atom. The van der Waals surface area contributed by atoms with Gasteiger partial charge in [-0.3, -0.25) is 5.41 Å². The van der Waals surface area contributed by atoms with Gasteiger partial charge in [-0.1, -0.05) is 6.08 Å². The van der Waals surface area contributed by atoms with E-state index in [4.69, 9.17) is 19.3 Å². The number of ether oxygens (including phenoxy) is 2. The van der Waals surface area contributed by atoms with Crippen LogP contribution in [0.15, 0.2) is 35.0 Å². The van der Waals surface area contributed by atoms with Gasteiger partial charge in [0.25, 0.3) is 0 Å². The molecule has 0 radical (unpaired) electrons. The van der Waals surface area contributed by atoms with E-state index < -0.39 is 34.5 Å². The van der Waals surface area contributed by atoms with Gasteiger partial charge in [-0.15, -0.1) is 0 Å². The molecule has 24 heavy (non-hydrogen) atoms. The Morgan fingerprint density at radius 3 is 2.62 bits per heavy atom. The summed E-state index contributed by atoms with van der Waals surface area (Å²) in [6.07, 6.45) is 4.97. The number of rotatable bonds is 1. The molecule has 0 spiro atoms. The molecular weight excluding hydrogens is 308 g/mol. The number of nitriles is 3. The first kappa shape index (κ1) is 14.5. The summed E-state index contributed by atoms with van der Waals surface area (Å²) in [5.41, 5.74) is -3.65. The molecule has 3 aliphatic rings. The van der Waals surface area contributed by atoms with Crippen LogP contribution >= 0.6 is 0 Å². The minimum Gasteiger partial charge on any atom is -0.466 e. The summed E-state index contributed by atoms with van der Waals surface area (Å²) in [6.45, 7) is 0. The Bertz CT molecular complexity index is 855. The molecule has 4 rings (SSSR count). The topological polar surface area (TPSA) is 127 Å². The highest BCUT2D eigenvalue weighted by molar-refractivity contribution is 5.89. The second-order valence-corrected chi connectivity index (χ2v) is 6.15. The maximum atomic E-state index is 10.0. The van der Waals surface area contributed by atoms with E-state index in [1.165, 1.54) is 6.26 Å². The lowest BCUT2D eigenvalue weighted by molar-refractivity contribution is -0.262. The molecule has 4 atom stereocenters. The van der Waals surface area contributed by atoms with E-state index in [2.05, 4.69) is 6.07 Å². The first-order valence-electron chi connectivity index (χ1n) is 7.51. The average Bonchev–Trinajstić information content (AvgIpc) is 3.19. The predicted octanol–water partition coefficient (Wildman–Crippen LogP) is 2.56. The van der Waals surface area contributed by atoms with Gasteiger partial charge in [0, 0.05) is 0 Å². The van der Waals surface area contributed by atoms with Crippen LogP contribution in [0, 0.1) is 56.2 Å². The van der Waals surface area contributed by atoms with Crippen molar-refractivity contribution in [2.45, 2.75) is 24.7 Å². The number of nitrogens with zero attached hydrogens (tertiary/aromatic N) is 3.